The molecular formula is C15H33N3O2S. The minimum Gasteiger partial charge on any atom is -0.314 e. The molecule has 2 N–H and O–H groups in total. The third kappa shape index (κ3) is 8.14. The lowest BCUT2D eigenvalue weighted by Crippen LogP contribution is -2.41. The first-order chi connectivity index (χ1) is 9.99. The van der Waals surface area contributed by atoms with Crippen LogP contribution in [-0.4, -0.2) is 45.4 Å². The van der Waals surface area contributed by atoms with Crippen molar-refractivity contribution in [3.8, 4) is 0 Å². The van der Waals surface area contributed by atoms with E-state index in [2.05, 4.69) is 23.9 Å². The molecule has 126 valence electrons. The van der Waals surface area contributed by atoms with Crippen LogP contribution in [0.25, 0.3) is 0 Å². The lowest BCUT2D eigenvalue weighted by Gasteiger charge is -2.20. The Balaban J connectivity index is 2.22. The Labute approximate surface area is 131 Å². The highest BCUT2D eigenvalue weighted by molar-refractivity contribution is 7.87. The molecule has 6 heteroatoms. The van der Waals surface area contributed by atoms with Crippen LogP contribution in [0.15, 0.2) is 0 Å². The summed E-state index contributed by atoms with van der Waals surface area (Å²) in [5.74, 6) is 0.449. The van der Waals surface area contributed by atoms with Crippen LogP contribution in [0.1, 0.15) is 58.8 Å². The number of nitrogens with one attached hydrogen (secondary N) is 2. The molecule has 0 aromatic carbocycles. The first kappa shape index (κ1) is 18.9. The van der Waals surface area contributed by atoms with Crippen molar-refractivity contribution in [2.24, 2.45) is 5.92 Å². The average molecular weight is 320 g/mol. The van der Waals surface area contributed by atoms with Crippen LogP contribution in [-0.2, 0) is 10.2 Å². The number of rotatable bonds is 13. The van der Waals surface area contributed by atoms with Crippen LogP contribution >= 0.6 is 0 Å². The Bertz CT molecular complexity index is 369. The maximum Gasteiger partial charge on any atom is 0.279 e. The molecule has 0 aromatic rings. The summed E-state index contributed by atoms with van der Waals surface area (Å²) in [5.41, 5.74) is 0. The second kappa shape index (κ2) is 9.77. The molecule has 0 bridgehead atoms. The van der Waals surface area contributed by atoms with E-state index in [9.17, 15) is 8.42 Å². The Morgan fingerprint density at radius 3 is 2.52 bits per heavy atom. The lowest BCUT2D eigenvalue weighted by atomic mass is 10.00. The fourth-order valence-corrected chi connectivity index (χ4v) is 3.33. The van der Waals surface area contributed by atoms with Crippen molar-refractivity contribution >= 4 is 10.2 Å². The molecule has 1 fully saturated rings. The average Bonchev–Trinajstić information content (AvgIpc) is 3.27. The number of hydrogen-bond donors (Lipinski definition) is 2. The summed E-state index contributed by atoms with van der Waals surface area (Å²) in [6, 6.07) is 0.689. The van der Waals surface area contributed by atoms with Crippen molar-refractivity contribution in [2.45, 2.75) is 64.8 Å². The molecule has 1 aliphatic rings. The number of unbranched alkanes of at least 4 members (excludes halogenated alkanes) is 1. The van der Waals surface area contributed by atoms with E-state index in [1.54, 1.807) is 7.05 Å². The molecule has 21 heavy (non-hydrogen) atoms. The molecule has 0 spiro atoms. The quantitative estimate of drug-likeness (QED) is 0.511. The smallest absolute Gasteiger partial charge is 0.279 e. The number of hydrogen-bond acceptors (Lipinski definition) is 3. The maximum absolute atomic E-state index is 12.2. The summed E-state index contributed by atoms with van der Waals surface area (Å²) in [7, 11) is -1.66. The Morgan fingerprint density at radius 2 is 1.95 bits per heavy atom. The summed E-state index contributed by atoms with van der Waals surface area (Å²) in [5, 5.41) is 3.40. The van der Waals surface area contributed by atoms with Gasteiger partial charge in [0, 0.05) is 26.2 Å². The van der Waals surface area contributed by atoms with Gasteiger partial charge >= 0.3 is 0 Å². The van der Waals surface area contributed by atoms with E-state index >= 15 is 0 Å². The van der Waals surface area contributed by atoms with E-state index in [-0.39, 0.29) is 0 Å². The van der Waals surface area contributed by atoms with E-state index < -0.39 is 10.2 Å². The van der Waals surface area contributed by atoms with Crippen LogP contribution in [0.2, 0.25) is 0 Å². The molecule has 0 heterocycles. The monoisotopic (exact) mass is 319 g/mol. The van der Waals surface area contributed by atoms with Crippen molar-refractivity contribution in [2.75, 3.05) is 26.7 Å². The second-order valence-corrected chi connectivity index (χ2v) is 8.04. The molecule has 0 amide bonds. The van der Waals surface area contributed by atoms with Crippen LogP contribution < -0.4 is 10.0 Å². The molecule has 0 saturated heterocycles. The van der Waals surface area contributed by atoms with Gasteiger partial charge in [0.15, 0.2) is 0 Å². The van der Waals surface area contributed by atoms with Gasteiger partial charge in [0.1, 0.15) is 0 Å². The van der Waals surface area contributed by atoms with Crippen LogP contribution in [0, 0.1) is 5.92 Å². The van der Waals surface area contributed by atoms with E-state index in [1.807, 2.05) is 0 Å². The normalized spacial score (nSPS) is 17.3. The lowest BCUT2D eigenvalue weighted by molar-refractivity contribution is 0.415. The highest BCUT2D eigenvalue weighted by Crippen LogP contribution is 2.18. The van der Waals surface area contributed by atoms with Gasteiger partial charge in [-0.25, -0.2) is 4.72 Å². The predicted molar refractivity (Wildman–Crippen MR) is 88.5 cm³/mol. The van der Waals surface area contributed by atoms with E-state index in [4.69, 9.17) is 0 Å². The van der Waals surface area contributed by atoms with Gasteiger partial charge in [-0.1, -0.05) is 33.1 Å². The van der Waals surface area contributed by atoms with Crippen LogP contribution in [0.5, 0.6) is 0 Å². The van der Waals surface area contributed by atoms with Gasteiger partial charge in [-0.15, -0.1) is 0 Å². The Hall–Kier alpha value is -0.170. The molecular weight excluding hydrogens is 286 g/mol. The van der Waals surface area contributed by atoms with Crippen LogP contribution in [0.4, 0.5) is 0 Å². The minimum atomic E-state index is -3.32. The van der Waals surface area contributed by atoms with Crippen molar-refractivity contribution in [1.82, 2.24) is 14.3 Å². The van der Waals surface area contributed by atoms with Gasteiger partial charge in [-0.05, 0) is 38.1 Å². The second-order valence-electron chi connectivity index (χ2n) is 6.17. The fourth-order valence-electron chi connectivity index (χ4n) is 2.29. The Kier molecular flexibility index (Phi) is 8.78. The first-order valence-electron chi connectivity index (χ1n) is 8.43. The fraction of sp³-hybridized carbons (Fsp3) is 1.00. The van der Waals surface area contributed by atoms with Gasteiger partial charge in [0.25, 0.3) is 10.2 Å². The molecule has 1 rings (SSSR count). The van der Waals surface area contributed by atoms with Gasteiger partial charge in [-0.2, -0.15) is 12.7 Å². The minimum absolute atomic E-state index is 0.449. The summed E-state index contributed by atoms with van der Waals surface area (Å²) in [4.78, 5) is 0. The van der Waals surface area contributed by atoms with E-state index in [1.165, 1.54) is 23.6 Å². The van der Waals surface area contributed by atoms with Gasteiger partial charge < -0.3 is 5.32 Å². The van der Waals surface area contributed by atoms with Crippen molar-refractivity contribution in [1.29, 1.82) is 0 Å². The van der Waals surface area contributed by atoms with Crippen molar-refractivity contribution in [3.63, 3.8) is 0 Å². The zero-order valence-electron chi connectivity index (χ0n) is 13.9. The van der Waals surface area contributed by atoms with Crippen LogP contribution in [0.3, 0.4) is 0 Å². The van der Waals surface area contributed by atoms with Gasteiger partial charge in [0.05, 0.1) is 0 Å². The zero-order chi connectivity index (χ0) is 15.7. The highest BCUT2D eigenvalue weighted by atomic mass is 32.2. The largest absolute Gasteiger partial charge is 0.314 e. The summed E-state index contributed by atoms with van der Waals surface area (Å²) >= 11 is 0. The predicted octanol–water partition coefficient (Wildman–Crippen LogP) is 2.11. The molecule has 1 unspecified atom stereocenters. The summed E-state index contributed by atoms with van der Waals surface area (Å²) in [6.45, 7) is 6.32. The molecule has 0 aromatic heterocycles. The van der Waals surface area contributed by atoms with E-state index in [0.717, 1.165) is 32.2 Å². The molecule has 5 nitrogen and oxygen atoms in total. The number of nitrogens with zero attached hydrogens (tertiary/aromatic N) is 1. The summed E-state index contributed by atoms with van der Waals surface area (Å²) < 4.78 is 28.5. The topological polar surface area (TPSA) is 61.4 Å². The molecule has 0 aliphatic heterocycles. The van der Waals surface area contributed by atoms with Gasteiger partial charge in [-0.3, -0.25) is 0 Å². The summed E-state index contributed by atoms with van der Waals surface area (Å²) in [6.07, 6.45) is 7.86. The molecule has 1 saturated carbocycles. The SMILES string of the molecule is CCCCC(CC)CNS(=O)(=O)N(C)CCCNC1CC1. The molecule has 0 radical (unpaired) electrons. The van der Waals surface area contributed by atoms with Gasteiger partial charge in [0.2, 0.25) is 0 Å². The first-order valence-corrected chi connectivity index (χ1v) is 9.87. The third-order valence-electron chi connectivity index (χ3n) is 4.17. The highest BCUT2D eigenvalue weighted by Gasteiger charge is 2.21. The van der Waals surface area contributed by atoms with Crippen molar-refractivity contribution < 1.29 is 8.42 Å². The Morgan fingerprint density at radius 1 is 1.24 bits per heavy atom. The maximum atomic E-state index is 12.2. The standard InChI is InChI=1S/C15H33N3O2S/c1-4-6-8-14(5-2)13-17-21(19,20)18(3)12-7-11-16-15-9-10-15/h14-17H,4-13H2,1-3H3. The molecule has 1 atom stereocenters. The van der Waals surface area contributed by atoms with E-state index in [0.29, 0.717) is 25.0 Å². The molecule has 1 aliphatic carbocycles. The third-order valence-corrected chi connectivity index (χ3v) is 5.70. The van der Waals surface area contributed by atoms with Crippen molar-refractivity contribution in [3.05, 3.63) is 0 Å². The zero-order valence-corrected chi connectivity index (χ0v) is 14.7.